The summed E-state index contributed by atoms with van der Waals surface area (Å²) in [4.78, 5) is 18.0. The van der Waals surface area contributed by atoms with E-state index in [1.165, 1.54) is 7.11 Å². The van der Waals surface area contributed by atoms with Crippen molar-refractivity contribution >= 4 is 11.9 Å². The summed E-state index contributed by atoms with van der Waals surface area (Å²) in [7, 11) is 1.42. The molecule has 1 aromatic heterocycles. The Balaban J connectivity index is 2.16. The standard InChI is InChI=1S/C12H18N4O2/c1-7-5-16(6-10(7)11(17)18-4)12-13-8(2)9(3)14-15-12/h7,10H,5-6H2,1-4H3. The lowest BCUT2D eigenvalue weighted by atomic mass is 9.99. The normalized spacial score (nSPS) is 23.2. The third-order valence-electron chi connectivity index (χ3n) is 3.48. The highest BCUT2D eigenvalue weighted by Crippen LogP contribution is 2.26. The Labute approximate surface area is 106 Å². The molecule has 0 amide bonds. The Bertz CT molecular complexity index is 463. The van der Waals surface area contributed by atoms with Crippen molar-refractivity contribution in [3.8, 4) is 0 Å². The molecule has 6 heteroatoms. The number of rotatable bonds is 2. The zero-order chi connectivity index (χ0) is 13.3. The summed E-state index contributed by atoms with van der Waals surface area (Å²) >= 11 is 0. The maximum atomic E-state index is 11.6. The van der Waals surface area contributed by atoms with Crippen molar-refractivity contribution < 1.29 is 9.53 Å². The molecular weight excluding hydrogens is 232 g/mol. The number of ether oxygens (including phenoxy) is 1. The Morgan fingerprint density at radius 3 is 2.61 bits per heavy atom. The zero-order valence-corrected chi connectivity index (χ0v) is 11.2. The molecule has 1 aromatic rings. The molecule has 1 fully saturated rings. The minimum absolute atomic E-state index is 0.111. The number of aromatic nitrogens is 3. The molecule has 98 valence electrons. The van der Waals surface area contributed by atoms with E-state index in [-0.39, 0.29) is 17.8 Å². The number of anilines is 1. The lowest BCUT2D eigenvalue weighted by Crippen LogP contribution is -2.26. The van der Waals surface area contributed by atoms with Gasteiger partial charge in [-0.3, -0.25) is 4.79 Å². The number of esters is 1. The smallest absolute Gasteiger partial charge is 0.310 e. The number of nitrogens with zero attached hydrogens (tertiary/aromatic N) is 4. The molecule has 1 aliphatic rings. The van der Waals surface area contributed by atoms with Crippen LogP contribution in [0.2, 0.25) is 0 Å². The van der Waals surface area contributed by atoms with Crippen LogP contribution in [0.25, 0.3) is 0 Å². The van der Waals surface area contributed by atoms with Crippen LogP contribution in [-0.2, 0) is 9.53 Å². The van der Waals surface area contributed by atoms with Crippen LogP contribution < -0.4 is 4.90 Å². The predicted octanol–water partition coefficient (Wildman–Crippen LogP) is 0.734. The molecule has 18 heavy (non-hydrogen) atoms. The van der Waals surface area contributed by atoms with Crippen molar-refractivity contribution in [2.75, 3.05) is 25.1 Å². The van der Waals surface area contributed by atoms with E-state index in [2.05, 4.69) is 15.2 Å². The molecule has 0 saturated carbocycles. The van der Waals surface area contributed by atoms with E-state index >= 15 is 0 Å². The molecule has 0 N–H and O–H groups in total. The van der Waals surface area contributed by atoms with E-state index in [0.717, 1.165) is 17.9 Å². The van der Waals surface area contributed by atoms with Crippen molar-refractivity contribution in [1.82, 2.24) is 15.2 Å². The topological polar surface area (TPSA) is 68.2 Å². The third-order valence-corrected chi connectivity index (χ3v) is 3.48. The molecule has 0 aliphatic carbocycles. The van der Waals surface area contributed by atoms with Gasteiger partial charge in [0.05, 0.1) is 24.4 Å². The van der Waals surface area contributed by atoms with E-state index < -0.39 is 0 Å². The average molecular weight is 250 g/mol. The summed E-state index contributed by atoms with van der Waals surface area (Å²) in [5, 5.41) is 8.16. The summed E-state index contributed by atoms with van der Waals surface area (Å²) in [6, 6.07) is 0. The molecule has 6 nitrogen and oxygen atoms in total. The third kappa shape index (κ3) is 2.27. The van der Waals surface area contributed by atoms with E-state index in [4.69, 9.17) is 4.74 Å². The zero-order valence-electron chi connectivity index (χ0n) is 11.2. The largest absolute Gasteiger partial charge is 0.469 e. The maximum Gasteiger partial charge on any atom is 0.310 e. The van der Waals surface area contributed by atoms with Crippen molar-refractivity contribution in [2.45, 2.75) is 20.8 Å². The number of carbonyl (C=O) groups excluding carboxylic acids is 1. The molecule has 2 unspecified atom stereocenters. The van der Waals surface area contributed by atoms with Gasteiger partial charge in [-0.05, 0) is 19.8 Å². The number of hydrogen-bond acceptors (Lipinski definition) is 6. The quantitative estimate of drug-likeness (QED) is 0.721. The number of methoxy groups -OCH3 is 1. The van der Waals surface area contributed by atoms with Crippen LogP contribution in [-0.4, -0.2) is 41.3 Å². The van der Waals surface area contributed by atoms with Gasteiger partial charge in [0, 0.05) is 13.1 Å². The minimum atomic E-state index is -0.165. The van der Waals surface area contributed by atoms with Crippen molar-refractivity contribution in [2.24, 2.45) is 11.8 Å². The van der Waals surface area contributed by atoms with Gasteiger partial charge in [0.15, 0.2) is 0 Å². The van der Waals surface area contributed by atoms with E-state index in [1.54, 1.807) is 0 Å². The van der Waals surface area contributed by atoms with E-state index in [0.29, 0.717) is 12.5 Å². The van der Waals surface area contributed by atoms with Gasteiger partial charge in [0.2, 0.25) is 5.95 Å². The number of hydrogen-bond donors (Lipinski definition) is 0. The summed E-state index contributed by atoms with van der Waals surface area (Å²) < 4.78 is 4.81. The van der Waals surface area contributed by atoms with Gasteiger partial charge in [-0.1, -0.05) is 6.92 Å². The summed E-state index contributed by atoms with van der Waals surface area (Å²) in [6.45, 7) is 7.17. The van der Waals surface area contributed by atoms with Crippen LogP contribution in [0.15, 0.2) is 0 Å². The molecule has 2 rings (SSSR count). The molecule has 0 spiro atoms. The second kappa shape index (κ2) is 4.88. The molecule has 1 saturated heterocycles. The highest BCUT2D eigenvalue weighted by Gasteiger charge is 2.36. The first-order valence-electron chi connectivity index (χ1n) is 6.03. The Kier molecular flexibility index (Phi) is 3.45. The van der Waals surface area contributed by atoms with Crippen LogP contribution in [0, 0.1) is 25.7 Å². The van der Waals surface area contributed by atoms with Gasteiger partial charge in [-0.25, -0.2) is 4.98 Å². The van der Waals surface area contributed by atoms with Gasteiger partial charge in [0.25, 0.3) is 0 Å². The van der Waals surface area contributed by atoms with Crippen molar-refractivity contribution in [3.05, 3.63) is 11.4 Å². The van der Waals surface area contributed by atoms with Crippen LogP contribution in [0.3, 0.4) is 0 Å². The number of aryl methyl sites for hydroxylation is 2. The molecular formula is C12H18N4O2. The molecule has 1 aliphatic heterocycles. The summed E-state index contributed by atoms with van der Waals surface area (Å²) in [5.41, 5.74) is 1.70. The lowest BCUT2D eigenvalue weighted by Gasteiger charge is -2.15. The Hall–Kier alpha value is -1.72. The highest BCUT2D eigenvalue weighted by molar-refractivity contribution is 5.74. The average Bonchev–Trinajstić information content (AvgIpc) is 2.74. The van der Waals surface area contributed by atoms with Gasteiger partial charge < -0.3 is 9.64 Å². The molecule has 0 radical (unpaired) electrons. The minimum Gasteiger partial charge on any atom is -0.469 e. The Morgan fingerprint density at radius 2 is 2.00 bits per heavy atom. The Morgan fingerprint density at radius 1 is 1.28 bits per heavy atom. The van der Waals surface area contributed by atoms with Crippen molar-refractivity contribution in [1.29, 1.82) is 0 Å². The fraction of sp³-hybridized carbons (Fsp3) is 0.667. The number of carbonyl (C=O) groups is 1. The first kappa shape index (κ1) is 12.7. The highest BCUT2D eigenvalue weighted by atomic mass is 16.5. The van der Waals surface area contributed by atoms with Crippen LogP contribution in [0.4, 0.5) is 5.95 Å². The second-order valence-corrected chi connectivity index (χ2v) is 4.79. The summed E-state index contributed by atoms with van der Waals surface area (Å²) in [6.07, 6.45) is 0. The maximum absolute atomic E-state index is 11.6. The van der Waals surface area contributed by atoms with Crippen LogP contribution in [0.5, 0.6) is 0 Å². The molecule has 0 bridgehead atoms. The van der Waals surface area contributed by atoms with Crippen molar-refractivity contribution in [3.63, 3.8) is 0 Å². The van der Waals surface area contributed by atoms with Crippen LogP contribution in [0.1, 0.15) is 18.3 Å². The lowest BCUT2D eigenvalue weighted by molar-refractivity contribution is -0.145. The van der Waals surface area contributed by atoms with E-state index in [9.17, 15) is 4.79 Å². The monoisotopic (exact) mass is 250 g/mol. The molecule has 2 heterocycles. The fourth-order valence-corrected chi connectivity index (χ4v) is 2.17. The first-order valence-corrected chi connectivity index (χ1v) is 6.03. The van der Waals surface area contributed by atoms with Gasteiger partial charge in [-0.2, -0.15) is 5.10 Å². The van der Waals surface area contributed by atoms with E-state index in [1.807, 2.05) is 25.7 Å². The van der Waals surface area contributed by atoms with Crippen LogP contribution >= 0.6 is 0 Å². The van der Waals surface area contributed by atoms with Gasteiger partial charge in [0.1, 0.15) is 0 Å². The predicted molar refractivity (Wildman–Crippen MR) is 66.2 cm³/mol. The molecule has 0 aromatic carbocycles. The van der Waals surface area contributed by atoms with Gasteiger partial charge in [-0.15, -0.1) is 5.10 Å². The molecule has 2 atom stereocenters. The van der Waals surface area contributed by atoms with Gasteiger partial charge >= 0.3 is 5.97 Å². The fourth-order valence-electron chi connectivity index (χ4n) is 2.17. The first-order chi connectivity index (χ1) is 8.52. The SMILES string of the molecule is COC(=O)C1CN(c2nnc(C)c(C)n2)CC1C. The second-order valence-electron chi connectivity index (χ2n) is 4.79. The summed E-state index contributed by atoms with van der Waals surface area (Å²) in [5.74, 6) is 0.556.